The minimum absolute atomic E-state index is 0.192. The van der Waals surface area contributed by atoms with Crippen LogP contribution >= 0.6 is 46.4 Å². The summed E-state index contributed by atoms with van der Waals surface area (Å²) in [7, 11) is 0. The molecule has 2 aromatic rings. The molecule has 1 aromatic carbocycles. The van der Waals surface area contributed by atoms with Crippen molar-refractivity contribution in [1.29, 1.82) is 5.26 Å². The zero-order valence-electron chi connectivity index (χ0n) is 9.42. The molecule has 0 saturated heterocycles. The molecule has 96 valence electrons. The smallest absolute Gasteiger partial charge is 0.0921 e. The van der Waals surface area contributed by atoms with Gasteiger partial charge in [0.25, 0.3) is 0 Å². The normalized spacial score (nSPS) is 10.3. The molecular formula is C13H6Cl4N2. The fraction of sp³-hybridized carbons (Fsp3) is 0.0769. The third-order valence-corrected chi connectivity index (χ3v) is 3.72. The van der Waals surface area contributed by atoms with Crippen LogP contribution < -0.4 is 0 Å². The van der Waals surface area contributed by atoms with Crippen molar-refractivity contribution in [2.24, 2.45) is 0 Å². The van der Waals surface area contributed by atoms with E-state index in [0.717, 1.165) is 0 Å². The van der Waals surface area contributed by atoms with E-state index in [2.05, 4.69) is 4.98 Å². The highest BCUT2D eigenvalue weighted by Gasteiger charge is 2.16. The van der Waals surface area contributed by atoms with Gasteiger partial charge in [-0.25, -0.2) is 0 Å². The molecule has 0 aliphatic rings. The molecule has 6 heteroatoms. The fourth-order valence-corrected chi connectivity index (χ4v) is 2.92. The van der Waals surface area contributed by atoms with Gasteiger partial charge < -0.3 is 0 Å². The van der Waals surface area contributed by atoms with Crippen LogP contribution in [-0.2, 0) is 6.42 Å². The largest absolute Gasteiger partial charge is 0.255 e. The summed E-state index contributed by atoms with van der Waals surface area (Å²) < 4.78 is 0. The highest BCUT2D eigenvalue weighted by atomic mass is 35.5. The van der Waals surface area contributed by atoms with E-state index >= 15 is 0 Å². The molecule has 19 heavy (non-hydrogen) atoms. The minimum Gasteiger partial charge on any atom is -0.255 e. The molecule has 0 atom stereocenters. The molecule has 0 bridgehead atoms. The van der Waals surface area contributed by atoms with Gasteiger partial charge in [0.15, 0.2) is 0 Å². The number of hydrogen-bond donors (Lipinski definition) is 0. The standard InChI is InChI=1S/C13H6Cl4N2/c14-8-5-9(15)11(10(16)6-8)13-12(17)7(1-3-18)2-4-19-13/h2,4-6H,1H2. The Morgan fingerprint density at radius 1 is 1.11 bits per heavy atom. The van der Waals surface area contributed by atoms with Crippen LogP contribution in [0.25, 0.3) is 11.3 Å². The molecule has 0 amide bonds. The lowest BCUT2D eigenvalue weighted by molar-refractivity contribution is 1.21. The highest BCUT2D eigenvalue weighted by molar-refractivity contribution is 6.43. The number of aromatic nitrogens is 1. The van der Waals surface area contributed by atoms with Crippen LogP contribution in [-0.4, -0.2) is 4.98 Å². The summed E-state index contributed by atoms with van der Waals surface area (Å²) in [5.74, 6) is 0. The number of halogens is 4. The Morgan fingerprint density at radius 2 is 1.74 bits per heavy atom. The van der Waals surface area contributed by atoms with E-state index < -0.39 is 0 Å². The van der Waals surface area contributed by atoms with E-state index in [-0.39, 0.29) is 6.42 Å². The molecule has 0 aliphatic heterocycles. The second-order valence-corrected chi connectivity index (χ2v) is 5.34. The zero-order chi connectivity index (χ0) is 14.0. The van der Waals surface area contributed by atoms with Crippen molar-refractivity contribution in [3.05, 3.63) is 50.0 Å². The van der Waals surface area contributed by atoms with E-state index in [9.17, 15) is 0 Å². The van der Waals surface area contributed by atoms with Crippen molar-refractivity contribution >= 4 is 46.4 Å². The van der Waals surface area contributed by atoms with Crippen LogP contribution in [0.3, 0.4) is 0 Å². The maximum Gasteiger partial charge on any atom is 0.0921 e. The summed E-state index contributed by atoms with van der Waals surface area (Å²) in [6, 6.07) is 6.87. The third-order valence-electron chi connectivity index (χ3n) is 2.48. The third kappa shape index (κ3) is 2.96. The molecule has 1 heterocycles. The molecule has 0 spiro atoms. The number of pyridine rings is 1. The minimum atomic E-state index is 0.192. The molecule has 0 saturated carbocycles. The van der Waals surface area contributed by atoms with Gasteiger partial charge in [0.2, 0.25) is 0 Å². The Hall–Kier alpha value is -0.980. The van der Waals surface area contributed by atoms with Crippen LogP contribution in [0.1, 0.15) is 5.56 Å². The summed E-state index contributed by atoms with van der Waals surface area (Å²) in [5.41, 5.74) is 1.63. The van der Waals surface area contributed by atoms with Crippen molar-refractivity contribution in [2.75, 3.05) is 0 Å². The molecule has 2 rings (SSSR count). The Balaban J connectivity index is 2.67. The average Bonchev–Trinajstić information content (AvgIpc) is 2.32. The zero-order valence-corrected chi connectivity index (χ0v) is 12.4. The van der Waals surface area contributed by atoms with Gasteiger partial charge in [0, 0.05) is 16.8 Å². The maximum atomic E-state index is 8.75. The van der Waals surface area contributed by atoms with Gasteiger partial charge in [-0.2, -0.15) is 5.26 Å². The molecule has 0 N–H and O–H groups in total. The lowest BCUT2D eigenvalue weighted by atomic mass is 10.1. The summed E-state index contributed by atoms with van der Waals surface area (Å²) in [4.78, 5) is 4.19. The SMILES string of the molecule is N#CCc1ccnc(-c2c(Cl)cc(Cl)cc2Cl)c1Cl. The first-order valence-corrected chi connectivity index (χ1v) is 6.71. The maximum absolute atomic E-state index is 8.75. The predicted molar refractivity (Wildman–Crippen MR) is 79.0 cm³/mol. The summed E-state index contributed by atoms with van der Waals surface area (Å²) in [6.45, 7) is 0. The van der Waals surface area contributed by atoms with Crippen molar-refractivity contribution in [1.82, 2.24) is 4.98 Å². The topological polar surface area (TPSA) is 36.7 Å². The molecule has 1 aromatic heterocycles. The van der Waals surface area contributed by atoms with Crippen LogP contribution in [0.5, 0.6) is 0 Å². The van der Waals surface area contributed by atoms with Crippen molar-refractivity contribution in [2.45, 2.75) is 6.42 Å². The van der Waals surface area contributed by atoms with Crippen LogP contribution in [0.15, 0.2) is 24.4 Å². The number of nitrogens with zero attached hydrogens (tertiary/aromatic N) is 2. The van der Waals surface area contributed by atoms with Crippen LogP contribution in [0.4, 0.5) is 0 Å². The van der Waals surface area contributed by atoms with Crippen LogP contribution in [0, 0.1) is 11.3 Å². The fourth-order valence-electron chi connectivity index (χ4n) is 1.65. The van der Waals surface area contributed by atoms with E-state index in [1.807, 2.05) is 6.07 Å². The summed E-state index contributed by atoms with van der Waals surface area (Å²) in [5, 5.41) is 10.3. The van der Waals surface area contributed by atoms with Gasteiger partial charge in [-0.1, -0.05) is 46.4 Å². The first-order chi connectivity index (χ1) is 9.04. The van der Waals surface area contributed by atoms with Crippen molar-refractivity contribution in [3.63, 3.8) is 0 Å². The van der Waals surface area contributed by atoms with E-state index in [1.165, 1.54) is 0 Å². The second kappa shape index (κ2) is 5.98. The number of hydrogen-bond acceptors (Lipinski definition) is 2. The lowest BCUT2D eigenvalue weighted by Crippen LogP contribution is -1.92. The Bertz CT molecular complexity index is 654. The molecule has 0 fully saturated rings. The first-order valence-electron chi connectivity index (χ1n) is 5.20. The molecule has 0 unspecified atom stereocenters. The van der Waals surface area contributed by atoms with Gasteiger partial charge in [-0.15, -0.1) is 0 Å². The Kier molecular flexibility index (Phi) is 4.54. The van der Waals surface area contributed by atoms with Gasteiger partial charge in [0.05, 0.1) is 33.3 Å². The molecule has 2 nitrogen and oxygen atoms in total. The number of nitriles is 1. The van der Waals surface area contributed by atoms with Crippen molar-refractivity contribution in [3.8, 4) is 17.3 Å². The van der Waals surface area contributed by atoms with Crippen LogP contribution in [0.2, 0.25) is 20.1 Å². The second-order valence-electron chi connectivity index (χ2n) is 3.71. The van der Waals surface area contributed by atoms with Crippen molar-refractivity contribution < 1.29 is 0 Å². The number of benzene rings is 1. The Morgan fingerprint density at radius 3 is 2.32 bits per heavy atom. The quantitative estimate of drug-likeness (QED) is 0.735. The molecule has 0 radical (unpaired) electrons. The molecular weight excluding hydrogens is 326 g/mol. The van der Waals surface area contributed by atoms with E-state index in [1.54, 1.807) is 24.4 Å². The first kappa shape index (κ1) is 14.4. The highest BCUT2D eigenvalue weighted by Crippen LogP contribution is 2.40. The van der Waals surface area contributed by atoms with E-state index in [0.29, 0.717) is 36.9 Å². The number of rotatable bonds is 2. The summed E-state index contributed by atoms with van der Waals surface area (Å²) >= 11 is 24.4. The lowest BCUT2D eigenvalue weighted by Gasteiger charge is -2.10. The monoisotopic (exact) mass is 330 g/mol. The van der Waals surface area contributed by atoms with E-state index in [4.69, 9.17) is 51.7 Å². The Labute approximate surface area is 130 Å². The van der Waals surface area contributed by atoms with Gasteiger partial charge >= 0.3 is 0 Å². The summed E-state index contributed by atoms with van der Waals surface area (Å²) in [6.07, 6.45) is 1.76. The molecule has 0 aliphatic carbocycles. The van der Waals surface area contributed by atoms with Gasteiger partial charge in [-0.3, -0.25) is 4.98 Å². The van der Waals surface area contributed by atoms with Gasteiger partial charge in [0.1, 0.15) is 0 Å². The van der Waals surface area contributed by atoms with Gasteiger partial charge in [-0.05, 0) is 23.8 Å². The average molecular weight is 332 g/mol. The predicted octanol–water partition coefficient (Wildman–Crippen LogP) is 5.43.